The molecule has 0 aliphatic carbocycles. The van der Waals surface area contributed by atoms with Crippen LogP contribution in [0.15, 0.2) is 48.8 Å². The molecule has 0 radical (unpaired) electrons. The van der Waals surface area contributed by atoms with Crippen LogP contribution < -0.4 is 19.9 Å². The third kappa shape index (κ3) is 4.65. The Morgan fingerprint density at radius 3 is 2.97 bits per heavy atom. The number of imidazole rings is 1. The zero-order chi connectivity index (χ0) is 26.3. The molecule has 202 valence electrons. The van der Waals surface area contributed by atoms with Gasteiger partial charge in [0.25, 0.3) is 0 Å². The number of phenolic OH excluding ortho intramolecular Hbond substituents is 1. The van der Waals surface area contributed by atoms with Gasteiger partial charge in [0.2, 0.25) is 0 Å². The van der Waals surface area contributed by atoms with Crippen molar-refractivity contribution in [3.05, 3.63) is 65.9 Å². The average molecular weight is 526 g/mol. The predicted octanol–water partition coefficient (Wildman–Crippen LogP) is 3.81. The van der Waals surface area contributed by atoms with E-state index in [2.05, 4.69) is 36.8 Å². The highest BCUT2D eigenvalue weighted by atomic mass is 16.5. The summed E-state index contributed by atoms with van der Waals surface area (Å²) in [5, 5.41) is 16.4. The molecule has 2 atom stereocenters. The molecule has 8 rings (SSSR count). The first-order valence-corrected chi connectivity index (χ1v) is 14.1. The first-order valence-electron chi connectivity index (χ1n) is 14.1. The van der Waals surface area contributed by atoms with Crippen molar-refractivity contribution in [3.8, 4) is 11.8 Å². The number of aryl methyl sites for hydroxylation is 1. The molecule has 2 aromatic heterocycles. The van der Waals surface area contributed by atoms with E-state index < -0.39 is 0 Å². The summed E-state index contributed by atoms with van der Waals surface area (Å²) in [6.07, 6.45) is 8.27. The van der Waals surface area contributed by atoms with E-state index in [4.69, 9.17) is 14.7 Å². The molecule has 4 aliphatic rings. The van der Waals surface area contributed by atoms with E-state index in [1.807, 2.05) is 43.6 Å². The number of hydrogen-bond donors (Lipinski definition) is 2. The number of phenols is 1. The first-order chi connectivity index (χ1) is 19.1. The Bertz CT molecular complexity index is 1500. The fraction of sp³-hybridized carbons (Fsp3) is 0.433. The highest BCUT2D eigenvalue weighted by molar-refractivity contribution is 5.95. The third-order valence-electron chi connectivity index (χ3n) is 8.54. The summed E-state index contributed by atoms with van der Waals surface area (Å²) >= 11 is 0. The van der Waals surface area contributed by atoms with Crippen LogP contribution >= 0.6 is 0 Å². The van der Waals surface area contributed by atoms with Crippen molar-refractivity contribution < 1.29 is 9.84 Å². The second-order valence-electron chi connectivity index (χ2n) is 11.0. The number of nitrogens with one attached hydrogen (secondary N) is 1. The Morgan fingerprint density at radius 1 is 1.15 bits per heavy atom. The number of rotatable bonds is 6. The maximum absolute atomic E-state index is 10.5. The zero-order valence-corrected chi connectivity index (χ0v) is 22.4. The molecular weight excluding hydrogens is 490 g/mol. The van der Waals surface area contributed by atoms with Crippen molar-refractivity contribution in [2.45, 2.75) is 57.8 Å². The lowest BCUT2D eigenvalue weighted by molar-refractivity contribution is 0.272. The second kappa shape index (κ2) is 10.0. The summed E-state index contributed by atoms with van der Waals surface area (Å²) in [7, 11) is 0. The van der Waals surface area contributed by atoms with Crippen LogP contribution in [0, 0.1) is 6.92 Å². The Balaban J connectivity index is 1.23. The Morgan fingerprint density at radius 2 is 2.08 bits per heavy atom. The fourth-order valence-corrected chi connectivity index (χ4v) is 6.48. The monoisotopic (exact) mass is 525 g/mol. The molecule has 0 saturated carbocycles. The summed E-state index contributed by atoms with van der Waals surface area (Å²) < 4.78 is 8.28. The van der Waals surface area contributed by atoms with Gasteiger partial charge in [0, 0.05) is 66.8 Å². The predicted molar refractivity (Wildman–Crippen MR) is 152 cm³/mol. The van der Waals surface area contributed by atoms with E-state index in [1.54, 1.807) is 0 Å². The molecule has 6 heterocycles. The first kappa shape index (κ1) is 24.2. The van der Waals surface area contributed by atoms with Gasteiger partial charge in [-0.25, -0.2) is 4.98 Å². The Kier molecular flexibility index (Phi) is 6.23. The maximum atomic E-state index is 10.5. The zero-order valence-electron chi connectivity index (χ0n) is 22.4. The summed E-state index contributed by atoms with van der Waals surface area (Å²) in [5.74, 6) is 2.30. The van der Waals surface area contributed by atoms with Gasteiger partial charge in [-0.3, -0.25) is 0 Å². The van der Waals surface area contributed by atoms with Gasteiger partial charge in [-0.15, -0.1) is 0 Å². The quantitative estimate of drug-likeness (QED) is 0.393. The lowest BCUT2D eigenvalue weighted by atomic mass is 10.0. The fourth-order valence-electron chi connectivity index (χ4n) is 6.48. The summed E-state index contributed by atoms with van der Waals surface area (Å²) in [4.78, 5) is 19.2. The lowest BCUT2D eigenvalue weighted by Gasteiger charge is -2.40. The molecule has 2 N–H and O–H groups in total. The van der Waals surface area contributed by atoms with E-state index in [-0.39, 0.29) is 5.75 Å². The van der Waals surface area contributed by atoms with Crippen LogP contribution in [-0.2, 0) is 19.5 Å². The van der Waals surface area contributed by atoms with Crippen LogP contribution in [0.3, 0.4) is 0 Å². The average Bonchev–Trinajstić information content (AvgIpc) is 3.12. The normalized spacial score (nSPS) is 20.7. The van der Waals surface area contributed by atoms with E-state index in [0.29, 0.717) is 37.8 Å². The number of hydrogen-bond acceptors (Lipinski definition) is 8. The van der Waals surface area contributed by atoms with E-state index in [9.17, 15) is 5.11 Å². The number of anilines is 2. The molecular formula is C30H35N7O2. The van der Waals surface area contributed by atoms with Crippen molar-refractivity contribution in [3.63, 3.8) is 0 Å². The van der Waals surface area contributed by atoms with Crippen molar-refractivity contribution in [1.82, 2.24) is 24.8 Å². The minimum atomic E-state index is 0.282. The molecule has 0 spiro atoms. The number of ether oxygens (including phenoxy) is 1. The molecule has 2 unspecified atom stereocenters. The standard InChI is InChI=1S/C30H35N7O2/c1-20-31-10-12-35(20)13-14-39-30-33-27-19-36(28-16-24(38)15-21-5-2-3-8-25(21)28)11-9-26(27)29(34-30)37-18-22-6-4-7-23(37)17-32-22/h2-3,5,8,10,12,15-16,22-23,32,38H,4,6-7,9,11,13-14,17-19H2,1H3. The smallest absolute Gasteiger partial charge is 0.318 e. The van der Waals surface area contributed by atoms with E-state index in [0.717, 1.165) is 59.9 Å². The van der Waals surface area contributed by atoms with E-state index >= 15 is 0 Å². The Labute approximate surface area is 228 Å². The molecule has 2 aromatic carbocycles. The van der Waals surface area contributed by atoms with E-state index in [1.165, 1.54) is 24.8 Å². The SMILES string of the molecule is Cc1nccn1CCOc1nc2c(c(N3CC4CCCC3CN4)n1)CCN(c1cc(O)cc3ccccc13)C2. The van der Waals surface area contributed by atoms with Crippen molar-refractivity contribution in [2.24, 2.45) is 0 Å². The number of nitrogens with zero attached hydrogens (tertiary/aromatic N) is 6. The van der Waals surface area contributed by atoms with Crippen molar-refractivity contribution >= 4 is 22.3 Å². The van der Waals surface area contributed by atoms with Gasteiger partial charge in [0.05, 0.1) is 18.8 Å². The molecule has 3 saturated heterocycles. The number of aromatic hydroxyl groups is 1. The third-order valence-corrected chi connectivity index (χ3v) is 8.54. The van der Waals surface area contributed by atoms with Gasteiger partial charge in [0.15, 0.2) is 0 Å². The van der Waals surface area contributed by atoms with Crippen LogP contribution in [0.1, 0.15) is 36.3 Å². The summed E-state index contributed by atoms with van der Waals surface area (Å²) in [5.41, 5.74) is 3.29. The molecule has 9 nitrogen and oxygen atoms in total. The minimum Gasteiger partial charge on any atom is -0.508 e. The van der Waals surface area contributed by atoms with Gasteiger partial charge in [-0.05, 0) is 44.1 Å². The summed E-state index contributed by atoms with van der Waals surface area (Å²) in [6, 6.07) is 13.3. The second-order valence-corrected chi connectivity index (χ2v) is 11.0. The maximum Gasteiger partial charge on any atom is 0.318 e. The Hall–Kier alpha value is -3.85. The van der Waals surface area contributed by atoms with Gasteiger partial charge in [0.1, 0.15) is 24.0 Å². The van der Waals surface area contributed by atoms with Crippen molar-refractivity contribution in [1.29, 1.82) is 0 Å². The van der Waals surface area contributed by atoms with Crippen LogP contribution in [0.2, 0.25) is 0 Å². The molecule has 4 aromatic rings. The van der Waals surface area contributed by atoms with Gasteiger partial charge in [-0.2, -0.15) is 9.97 Å². The summed E-state index contributed by atoms with van der Waals surface area (Å²) in [6.45, 7) is 6.64. The molecule has 4 aliphatic heterocycles. The molecule has 3 fully saturated rings. The minimum absolute atomic E-state index is 0.282. The number of benzene rings is 2. The highest BCUT2D eigenvalue weighted by Gasteiger charge is 2.35. The molecule has 39 heavy (non-hydrogen) atoms. The lowest BCUT2D eigenvalue weighted by Crippen LogP contribution is -2.55. The molecule has 2 bridgehead atoms. The van der Waals surface area contributed by atoms with Crippen LogP contribution in [-0.4, -0.2) is 63.0 Å². The number of piperazine rings is 1. The van der Waals surface area contributed by atoms with Crippen LogP contribution in [0.5, 0.6) is 11.8 Å². The van der Waals surface area contributed by atoms with Crippen molar-refractivity contribution in [2.75, 3.05) is 36.0 Å². The number of fused-ring (bicyclic) bond motifs is 6. The van der Waals surface area contributed by atoms with Gasteiger partial charge < -0.3 is 29.5 Å². The van der Waals surface area contributed by atoms with Gasteiger partial charge in [-0.1, -0.05) is 24.3 Å². The number of aromatic nitrogens is 4. The highest BCUT2D eigenvalue weighted by Crippen LogP contribution is 2.37. The molecule has 9 heteroatoms. The molecule has 0 amide bonds. The largest absolute Gasteiger partial charge is 0.508 e. The van der Waals surface area contributed by atoms with Gasteiger partial charge >= 0.3 is 6.01 Å². The topological polar surface area (TPSA) is 91.6 Å². The van der Waals surface area contributed by atoms with Crippen LogP contribution in [0.4, 0.5) is 11.5 Å². The van der Waals surface area contributed by atoms with Crippen LogP contribution in [0.25, 0.3) is 10.8 Å².